The van der Waals surface area contributed by atoms with Crippen molar-refractivity contribution in [1.82, 2.24) is 9.97 Å². The Morgan fingerprint density at radius 2 is 2.21 bits per heavy atom. The molecule has 19 heavy (non-hydrogen) atoms. The van der Waals surface area contributed by atoms with Gasteiger partial charge in [-0.3, -0.25) is 4.98 Å². The van der Waals surface area contributed by atoms with Gasteiger partial charge in [-0.15, -0.1) is 11.3 Å². The molecule has 1 N–H and O–H groups in total. The van der Waals surface area contributed by atoms with Crippen LogP contribution in [0, 0.1) is 11.2 Å². The minimum absolute atomic E-state index is 0.0635. The van der Waals surface area contributed by atoms with E-state index in [1.807, 2.05) is 0 Å². The highest BCUT2D eigenvalue weighted by molar-refractivity contribution is 7.15. The van der Waals surface area contributed by atoms with E-state index in [0.717, 1.165) is 28.4 Å². The zero-order chi connectivity index (χ0) is 13.6. The molecule has 0 amide bonds. The van der Waals surface area contributed by atoms with E-state index in [1.165, 1.54) is 23.6 Å². The van der Waals surface area contributed by atoms with Crippen LogP contribution >= 0.6 is 11.3 Å². The molecule has 0 spiro atoms. The summed E-state index contributed by atoms with van der Waals surface area (Å²) in [5, 5.41) is 10.9. The first kappa shape index (κ1) is 12.7. The maximum Gasteiger partial charge on any atom is 0.142 e. The highest BCUT2D eigenvalue weighted by atomic mass is 32.1. The van der Waals surface area contributed by atoms with Crippen LogP contribution in [-0.2, 0) is 6.42 Å². The van der Waals surface area contributed by atoms with E-state index in [2.05, 4.69) is 23.8 Å². The second-order valence-corrected chi connectivity index (χ2v) is 6.78. The first-order valence-corrected chi connectivity index (χ1v) is 7.06. The van der Waals surface area contributed by atoms with Gasteiger partial charge in [0.1, 0.15) is 10.8 Å². The standard InChI is InChI=1S/C14H15FN2OS/c1-14(2)5-10-12(11(18)6-14)19-13(17-10)9-4-3-8(15)7-16-9/h3-4,7,11,18H,5-6H2,1-2H3. The second kappa shape index (κ2) is 4.35. The van der Waals surface area contributed by atoms with Gasteiger partial charge in [0, 0.05) is 0 Å². The van der Waals surface area contributed by atoms with E-state index in [-0.39, 0.29) is 11.2 Å². The van der Waals surface area contributed by atoms with Crippen molar-refractivity contribution >= 4 is 11.3 Å². The third kappa shape index (κ3) is 2.40. The Kier molecular flexibility index (Phi) is 2.91. The lowest BCUT2D eigenvalue weighted by molar-refractivity contribution is 0.102. The topological polar surface area (TPSA) is 46.0 Å². The van der Waals surface area contributed by atoms with Crippen molar-refractivity contribution in [3.05, 3.63) is 34.7 Å². The summed E-state index contributed by atoms with van der Waals surface area (Å²) in [6, 6.07) is 3.00. The van der Waals surface area contributed by atoms with Crippen molar-refractivity contribution < 1.29 is 9.50 Å². The molecule has 3 rings (SSSR count). The van der Waals surface area contributed by atoms with Crippen molar-refractivity contribution in [3.8, 4) is 10.7 Å². The summed E-state index contributed by atoms with van der Waals surface area (Å²) >= 11 is 1.46. The quantitative estimate of drug-likeness (QED) is 0.870. The number of fused-ring (bicyclic) bond motifs is 1. The van der Waals surface area contributed by atoms with Crippen LogP contribution in [-0.4, -0.2) is 15.1 Å². The lowest BCUT2D eigenvalue weighted by atomic mass is 9.77. The average Bonchev–Trinajstić information content (AvgIpc) is 2.72. The van der Waals surface area contributed by atoms with Gasteiger partial charge in [0.25, 0.3) is 0 Å². The number of nitrogens with zero attached hydrogens (tertiary/aromatic N) is 2. The largest absolute Gasteiger partial charge is 0.387 e. The van der Waals surface area contributed by atoms with Gasteiger partial charge >= 0.3 is 0 Å². The van der Waals surface area contributed by atoms with Gasteiger partial charge < -0.3 is 5.11 Å². The van der Waals surface area contributed by atoms with Gasteiger partial charge in [-0.2, -0.15) is 0 Å². The second-order valence-electron chi connectivity index (χ2n) is 5.75. The highest BCUT2D eigenvalue weighted by Gasteiger charge is 2.34. The van der Waals surface area contributed by atoms with E-state index in [9.17, 15) is 9.50 Å². The van der Waals surface area contributed by atoms with Crippen LogP contribution in [0.5, 0.6) is 0 Å². The lowest BCUT2D eigenvalue weighted by Gasteiger charge is -2.31. The number of hydrogen-bond donors (Lipinski definition) is 1. The molecule has 0 radical (unpaired) electrons. The molecule has 0 saturated heterocycles. The Balaban J connectivity index is 2.01. The Morgan fingerprint density at radius 3 is 2.89 bits per heavy atom. The van der Waals surface area contributed by atoms with Crippen LogP contribution < -0.4 is 0 Å². The normalized spacial score (nSPS) is 21.2. The molecule has 1 aliphatic rings. The van der Waals surface area contributed by atoms with E-state index in [0.29, 0.717) is 5.69 Å². The summed E-state index contributed by atoms with van der Waals surface area (Å²) in [4.78, 5) is 9.55. The number of rotatable bonds is 1. The third-order valence-corrected chi connectivity index (χ3v) is 4.59. The number of thiazole rings is 1. The zero-order valence-electron chi connectivity index (χ0n) is 10.9. The van der Waals surface area contributed by atoms with Gasteiger partial charge in [0.05, 0.1) is 28.6 Å². The highest BCUT2D eigenvalue weighted by Crippen LogP contribution is 2.44. The van der Waals surface area contributed by atoms with Gasteiger partial charge in [-0.05, 0) is 30.4 Å². The molecule has 1 aliphatic carbocycles. The Hall–Kier alpha value is -1.33. The number of hydrogen-bond acceptors (Lipinski definition) is 4. The van der Waals surface area contributed by atoms with E-state index in [4.69, 9.17) is 0 Å². The van der Waals surface area contributed by atoms with Crippen LogP contribution in [0.4, 0.5) is 4.39 Å². The van der Waals surface area contributed by atoms with Gasteiger partial charge in [-0.25, -0.2) is 9.37 Å². The Bertz CT molecular complexity index is 606. The van der Waals surface area contributed by atoms with Gasteiger partial charge in [-0.1, -0.05) is 13.8 Å². The van der Waals surface area contributed by atoms with Crippen LogP contribution in [0.3, 0.4) is 0 Å². The molecule has 2 aromatic rings. The molecule has 1 unspecified atom stereocenters. The SMILES string of the molecule is CC1(C)Cc2nc(-c3ccc(F)cn3)sc2C(O)C1. The summed E-state index contributed by atoms with van der Waals surface area (Å²) in [6.45, 7) is 4.27. The summed E-state index contributed by atoms with van der Waals surface area (Å²) in [6.07, 6.45) is 2.34. The van der Waals surface area contributed by atoms with Gasteiger partial charge in [0.15, 0.2) is 0 Å². The molecule has 0 saturated carbocycles. The maximum absolute atomic E-state index is 12.9. The minimum atomic E-state index is -0.453. The predicted molar refractivity (Wildman–Crippen MR) is 72.4 cm³/mol. The van der Waals surface area contributed by atoms with Crippen molar-refractivity contribution in [2.75, 3.05) is 0 Å². The number of halogens is 1. The summed E-state index contributed by atoms with van der Waals surface area (Å²) in [7, 11) is 0. The van der Waals surface area contributed by atoms with Crippen LogP contribution in [0.1, 0.15) is 36.9 Å². The van der Waals surface area contributed by atoms with E-state index >= 15 is 0 Å². The smallest absolute Gasteiger partial charge is 0.142 e. The summed E-state index contributed by atoms with van der Waals surface area (Å²) in [5.74, 6) is -0.355. The first-order chi connectivity index (χ1) is 8.94. The lowest BCUT2D eigenvalue weighted by Crippen LogP contribution is -2.24. The first-order valence-electron chi connectivity index (χ1n) is 6.24. The summed E-state index contributed by atoms with van der Waals surface area (Å²) < 4.78 is 12.9. The third-order valence-electron chi connectivity index (χ3n) is 3.37. The van der Waals surface area contributed by atoms with Crippen LogP contribution in [0.25, 0.3) is 10.7 Å². The van der Waals surface area contributed by atoms with Crippen molar-refractivity contribution in [1.29, 1.82) is 0 Å². The molecule has 2 aromatic heterocycles. The maximum atomic E-state index is 12.9. The number of aliphatic hydroxyl groups is 1. The summed E-state index contributed by atoms with van der Waals surface area (Å²) in [5.41, 5.74) is 1.68. The molecule has 0 fully saturated rings. The molecule has 2 heterocycles. The minimum Gasteiger partial charge on any atom is -0.387 e. The van der Waals surface area contributed by atoms with E-state index < -0.39 is 6.10 Å². The molecule has 100 valence electrons. The molecular weight excluding hydrogens is 263 g/mol. The van der Waals surface area contributed by atoms with E-state index in [1.54, 1.807) is 6.07 Å². The van der Waals surface area contributed by atoms with Crippen molar-refractivity contribution in [3.63, 3.8) is 0 Å². The van der Waals surface area contributed by atoms with Crippen LogP contribution in [0.2, 0.25) is 0 Å². The Labute approximate surface area is 115 Å². The monoisotopic (exact) mass is 278 g/mol. The fourth-order valence-corrected chi connectivity index (χ4v) is 3.55. The number of pyridine rings is 1. The number of aliphatic hydroxyl groups excluding tert-OH is 1. The fraction of sp³-hybridized carbons (Fsp3) is 0.429. The molecule has 5 heteroatoms. The zero-order valence-corrected chi connectivity index (χ0v) is 11.7. The molecule has 3 nitrogen and oxygen atoms in total. The van der Waals surface area contributed by atoms with Gasteiger partial charge in [0.2, 0.25) is 0 Å². The molecule has 1 atom stereocenters. The predicted octanol–water partition coefficient (Wildman–Crippen LogP) is 3.35. The Morgan fingerprint density at radius 1 is 1.42 bits per heavy atom. The molecule has 0 bridgehead atoms. The van der Waals surface area contributed by atoms with Crippen molar-refractivity contribution in [2.45, 2.75) is 32.8 Å². The molecular formula is C14H15FN2OS. The fourth-order valence-electron chi connectivity index (χ4n) is 2.50. The molecule has 0 aliphatic heterocycles. The van der Waals surface area contributed by atoms with Crippen LogP contribution in [0.15, 0.2) is 18.3 Å². The number of aromatic nitrogens is 2. The average molecular weight is 278 g/mol. The van der Waals surface area contributed by atoms with Crippen molar-refractivity contribution in [2.24, 2.45) is 5.41 Å². The molecule has 0 aromatic carbocycles.